The molecule has 19 heavy (non-hydrogen) atoms. The standard InChI is InChI=1S/C14H24N2O3/c1-9(13(19-2)10-7-8-10)15-14(18)11-5-3-4-6-12(17)16-11/h9-11,13H,3-8H2,1-2H3,(H,15,18)(H,16,17)/t9-,11-,13+/m1/s1. The van der Waals surface area contributed by atoms with E-state index in [9.17, 15) is 9.59 Å². The van der Waals surface area contributed by atoms with Gasteiger partial charge in [0.25, 0.3) is 0 Å². The van der Waals surface area contributed by atoms with Crippen LogP contribution in [0.25, 0.3) is 0 Å². The van der Waals surface area contributed by atoms with Crippen molar-refractivity contribution in [2.45, 2.75) is 63.6 Å². The fourth-order valence-corrected chi connectivity index (χ4v) is 2.81. The van der Waals surface area contributed by atoms with E-state index in [0.29, 0.717) is 12.3 Å². The summed E-state index contributed by atoms with van der Waals surface area (Å²) in [6.07, 6.45) is 5.49. The summed E-state index contributed by atoms with van der Waals surface area (Å²) in [7, 11) is 1.69. The number of methoxy groups -OCH3 is 1. The van der Waals surface area contributed by atoms with E-state index in [4.69, 9.17) is 4.74 Å². The summed E-state index contributed by atoms with van der Waals surface area (Å²) < 4.78 is 5.47. The topological polar surface area (TPSA) is 67.4 Å². The highest BCUT2D eigenvalue weighted by molar-refractivity contribution is 5.88. The third-order valence-corrected chi connectivity index (χ3v) is 4.02. The van der Waals surface area contributed by atoms with Crippen LogP contribution in [0.15, 0.2) is 0 Å². The lowest BCUT2D eigenvalue weighted by Gasteiger charge is -2.25. The van der Waals surface area contributed by atoms with E-state index in [1.54, 1.807) is 7.11 Å². The monoisotopic (exact) mass is 268 g/mol. The van der Waals surface area contributed by atoms with Gasteiger partial charge in [-0.25, -0.2) is 0 Å². The molecule has 5 nitrogen and oxygen atoms in total. The van der Waals surface area contributed by atoms with E-state index < -0.39 is 0 Å². The van der Waals surface area contributed by atoms with Crippen LogP contribution in [-0.2, 0) is 14.3 Å². The molecule has 1 saturated heterocycles. The third-order valence-electron chi connectivity index (χ3n) is 4.02. The summed E-state index contributed by atoms with van der Waals surface area (Å²) in [4.78, 5) is 23.7. The van der Waals surface area contributed by atoms with Crippen molar-refractivity contribution in [3.8, 4) is 0 Å². The van der Waals surface area contributed by atoms with Gasteiger partial charge in [-0.2, -0.15) is 0 Å². The number of carbonyl (C=O) groups is 2. The van der Waals surface area contributed by atoms with Gasteiger partial charge in [-0.05, 0) is 38.5 Å². The van der Waals surface area contributed by atoms with Gasteiger partial charge in [0.1, 0.15) is 6.04 Å². The normalized spacial score (nSPS) is 27.1. The molecule has 0 radical (unpaired) electrons. The summed E-state index contributed by atoms with van der Waals surface area (Å²) in [6.45, 7) is 1.98. The largest absolute Gasteiger partial charge is 0.379 e. The maximum Gasteiger partial charge on any atom is 0.242 e. The molecule has 5 heteroatoms. The molecule has 2 fully saturated rings. The van der Waals surface area contributed by atoms with Crippen molar-refractivity contribution < 1.29 is 14.3 Å². The molecule has 1 aliphatic heterocycles. The van der Waals surface area contributed by atoms with Gasteiger partial charge in [0, 0.05) is 13.5 Å². The van der Waals surface area contributed by atoms with Crippen LogP contribution >= 0.6 is 0 Å². The Balaban J connectivity index is 1.86. The van der Waals surface area contributed by atoms with Crippen LogP contribution in [0, 0.1) is 5.92 Å². The number of rotatable bonds is 5. The molecule has 1 aliphatic carbocycles. The Morgan fingerprint density at radius 2 is 2.11 bits per heavy atom. The lowest BCUT2D eigenvalue weighted by molar-refractivity contribution is -0.129. The second-order valence-corrected chi connectivity index (χ2v) is 5.70. The second-order valence-electron chi connectivity index (χ2n) is 5.70. The molecule has 0 aromatic carbocycles. The minimum atomic E-state index is -0.380. The first-order valence-electron chi connectivity index (χ1n) is 7.24. The Morgan fingerprint density at radius 1 is 1.37 bits per heavy atom. The van der Waals surface area contributed by atoms with Crippen molar-refractivity contribution in [2.24, 2.45) is 5.92 Å². The lowest BCUT2D eigenvalue weighted by Crippen LogP contribution is -2.51. The van der Waals surface area contributed by atoms with E-state index in [2.05, 4.69) is 10.6 Å². The minimum Gasteiger partial charge on any atom is -0.379 e. The number of carbonyl (C=O) groups excluding carboxylic acids is 2. The molecule has 0 unspecified atom stereocenters. The van der Waals surface area contributed by atoms with Crippen LogP contribution in [0.1, 0.15) is 45.4 Å². The number of ether oxygens (including phenoxy) is 1. The van der Waals surface area contributed by atoms with Gasteiger partial charge in [-0.3, -0.25) is 9.59 Å². The number of amides is 2. The average Bonchev–Trinajstić information content (AvgIpc) is 3.18. The highest BCUT2D eigenvalue weighted by atomic mass is 16.5. The zero-order valence-corrected chi connectivity index (χ0v) is 11.8. The van der Waals surface area contributed by atoms with E-state index in [-0.39, 0.29) is 30.0 Å². The van der Waals surface area contributed by atoms with E-state index in [1.807, 2.05) is 6.92 Å². The van der Waals surface area contributed by atoms with Crippen LogP contribution in [0.4, 0.5) is 0 Å². The Bertz CT molecular complexity index is 342. The highest BCUT2D eigenvalue weighted by Crippen LogP contribution is 2.35. The van der Waals surface area contributed by atoms with Crippen molar-refractivity contribution >= 4 is 11.8 Å². The zero-order valence-electron chi connectivity index (χ0n) is 11.8. The predicted octanol–water partition coefficient (Wildman–Crippen LogP) is 0.975. The molecule has 2 amide bonds. The Morgan fingerprint density at radius 3 is 2.74 bits per heavy atom. The SMILES string of the molecule is CO[C@H](C1CC1)[C@@H](C)NC(=O)[C@H]1CCCCC(=O)N1. The van der Waals surface area contributed by atoms with Gasteiger partial charge < -0.3 is 15.4 Å². The smallest absolute Gasteiger partial charge is 0.242 e. The highest BCUT2D eigenvalue weighted by Gasteiger charge is 2.36. The van der Waals surface area contributed by atoms with Gasteiger partial charge in [-0.1, -0.05) is 6.42 Å². The molecule has 0 aromatic heterocycles. The van der Waals surface area contributed by atoms with Crippen molar-refractivity contribution in [3.05, 3.63) is 0 Å². The average molecular weight is 268 g/mol. The first-order valence-corrected chi connectivity index (χ1v) is 7.24. The molecule has 1 saturated carbocycles. The van der Waals surface area contributed by atoms with Gasteiger partial charge >= 0.3 is 0 Å². The molecule has 3 atom stereocenters. The molecule has 1 heterocycles. The van der Waals surface area contributed by atoms with E-state index in [0.717, 1.165) is 19.3 Å². The maximum absolute atomic E-state index is 12.2. The Hall–Kier alpha value is -1.10. The van der Waals surface area contributed by atoms with Crippen LogP contribution in [0.2, 0.25) is 0 Å². The number of hydrogen-bond acceptors (Lipinski definition) is 3. The lowest BCUT2D eigenvalue weighted by atomic mass is 10.1. The van der Waals surface area contributed by atoms with Gasteiger partial charge in [-0.15, -0.1) is 0 Å². The first-order chi connectivity index (χ1) is 9.11. The summed E-state index contributed by atoms with van der Waals surface area (Å²) in [6, 6.07) is -0.390. The summed E-state index contributed by atoms with van der Waals surface area (Å²) in [5.74, 6) is 0.477. The summed E-state index contributed by atoms with van der Waals surface area (Å²) in [5, 5.41) is 5.79. The van der Waals surface area contributed by atoms with E-state index in [1.165, 1.54) is 12.8 Å². The quantitative estimate of drug-likeness (QED) is 0.781. The first kappa shape index (κ1) is 14.3. The van der Waals surface area contributed by atoms with Crippen molar-refractivity contribution in [3.63, 3.8) is 0 Å². The van der Waals surface area contributed by atoms with Gasteiger partial charge in [0.2, 0.25) is 11.8 Å². The minimum absolute atomic E-state index is 0.00912. The molecular formula is C14H24N2O3. The second kappa shape index (κ2) is 6.37. The third kappa shape index (κ3) is 3.93. The molecule has 2 rings (SSSR count). The van der Waals surface area contributed by atoms with E-state index >= 15 is 0 Å². The molecule has 2 N–H and O–H groups in total. The number of nitrogens with one attached hydrogen (secondary N) is 2. The van der Waals surface area contributed by atoms with Gasteiger partial charge in [0.05, 0.1) is 12.1 Å². The van der Waals surface area contributed by atoms with Crippen molar-refractivity contribution in [1.29, 1.82) is 0 Å². The van der Waals surface area contributed by atoms with Crippen LogP contribution in [0.3, 0.4) is 0 Å². The summed E-state index contributed by atoms with van der Waals surface area (Å²) in [5.41, 5.74) is 0. The fourth-order valence-electron chi connectivity index (χ4n) is 2.81. The number of hydrogen-bond donors (Lipinski definition) is 2. The molecule has 108 valence electrons. The zero-order chi connectivity index (χ0) is 13.8. The Labute approximate surface area is 114 Å². The van der Waals surface area contributed by atoms with Crippen LogP contribution < -0.4 is 10.6 Å². The predicted molar refractivity (Wildman–Crippen MR) is 71.5 cm³/mol. The van der Waals surface area contributed by atoms with Crippen LogP contribution in [-0.4, -0.2) is 37.1 Å². The summed E-state index contributed by atoms with van der Waals surface area (Å²) >= 11 is 0. The van der Waals surface area contributed by atoms with Crippen molar-refractivity contribution in [2.75, 3.05) is 7.11 Å². The van der Waals surface area contributed by atoms with Gasteiger partial charge in [0.15, 0.2) is 0 Å². The molecule has 0 bridgehead atoms. The van der Waals surface area contributed by atoms with Crippen LogP contribution in [0.5, 0.6) is 0 Å². The molecule has 2 aliphatic rings. The maximum atomic E-state index is 12.2. The fraction of sp³-hybridized carbons (Fsp3) is 0.857. The molecular weight excluding hydrogens is 244 g/mol. The van der Waals surface area contributed by atoms with Crippen molar-refractivity contribution in [1.82, 2.24) is 10.6 Å². The molecule has 0 spiro atoms. The molecule has 0 aromatic rings. The Kier molecular flexibility index (Phi) is 4.80.